The number of ether oxygens (including phenoxy) is 1. The zero-order valence-electron chi connectivity index (χ0n) is 17.6. The normalized spacial score (nSPS) is 27.0. The molecule has 0 aromatic carbocycles. The average molecular weight is 421 g/mol. The minimum Gasteiger partial charge on any atom is -0.376 e. The van der Waals surface area contributed by atoms with E-state index in [-0.39, 0.29) is 29.5 Å². The van der Waals surface area contributed by atoms with Crippen LogP contribution in [0.25, 0.3) is 0 Å². The Kier molecular flexibility index (Phi) is 7.20. The van der Waals surface area contributed by atoms with Crippen LogP contribution < -0.4 is 10.3 Å². The van der Waals surface area contributed by atoms with Gasteiger partial charge in [-0.25, -0.2) is 13.1 Å². The lowest BCUT2D eigenvalue weighted by atomic mass is 9.88. The molecule has 2 heterocycles. The monoisotopic (exact) mass is 420 g/mol. The summed E-state index contributed by atoms with van der Waals surface area (Å²) in [6.45, 7) is 5.63. The maximum absolute atomic E-state index is 12.9. The van der Waals surface area contributed by atoms with Gasteiger partial charge in [-0.1, -0.05) is 6.07 Å². The summed E-state index contributed by atoms with van der Waals surface area (Å²) in [5.41, 5.74) is 1.55. The van der Waals surface area contributed by atoms with E-state index < -0.39 is 10.0 Å². The summed E-state index contributed by atoms with van der Waals surface area (Å²) >= 11 is 0. The van der Waals surface area contributed by atoms with Crippen LogP contribution in [0.2, 0.25) is 0 Å². The van der Waals surface area contributed by atoms with Crippen molar-refractivity contribution >= 4 is 10.0 Å². The van der Waals surface area contributed by atoms with Gasteiger partial charge in [0.1, 0.15) is 0 Å². The summed E-state index contributed by atoms with van der Waals surface area (Å²) in [6, 6.07) is 3.15. The number of sulfonamides is 1. The Morgan fingerprint density at radius 2 is 1.93 bits per heavy atom. The van der Waals surface area contributed by atoms with Crippen molar-refractivity contribution in [3.05, 3.63) is 33.7 Å². The van der Waals surface area contributed by atoms with Crippen LogP contribution in [0.5, 0.6) is 0 Å². The van der Waals surface area contributed by atoms with E-state index in [4.69, 9.17) is 4.74 Å². The van der Waals surface area contributed by atoms with Crippen molar-refractivity contribution in [2.75, 3.05) is 12.4 Å². The Morgan fingerprint density at radius 3 is 2.59 bits per heavy atom. The van der Waals surface area contributed by atoms with Gasteiger partial charge in [0.25, 0.3) is 5.56 Å². The Balaban J connectivity index is 1.79. The number of aromatic nitrogens is 1. The number of fused-ring (bicyclic) bond motifs is 1. The molecular weight excluding hydrogens is 388 g/mol. The first-order valence-electron chi connectivity index (χ1n) is 10.6. The van der Waals surface area contributed by atoms with Crippen LogP contribution in [0.4, 0.5) is 0 Å². The van der Waals surface area contributed by atoms with Crippen molar-refractivity contribution in [3.63, 3.8) is 0 Å². The van der Waals surface area contributed by atoms with Gasteiger partial charge >= 0.3 is 0 Å². The van der Waals surface area contributed by atoms with Crippen molar-refractivity contribution in [3.8, 4) is 11.8 Å². The molecule has 2 atom stereocenters. The van der Waals surface area contributed by atoms with Crippen molar-refractivity contribution in [1.82, 2.24) is 9.29 Å². The average Bonchev–Trinajstić information content (AvgIpc) is 2.71. The number of rotatable bonds is 6. The Labute approximate surface area is 174 Å². The standard InChI is InChI=1S/C22H32N2O4S/c1-4-6-17-8-12-19(13-9-17)28-15-21-20(23-29(26,27)5-2)14-11-18-10-7-16(3)22(25)24(18)21/h7,10,17,19-21,23H,5,8-9,11-15H2,1-3H3/t17?,19?,20-,21+/m0/s1. The first-order valence-corrected chi connectivity index (χ1v) is 12.2. The summed E-state index contributed by atoms with van der Waals surface area (Å²) in [4.78, 5) is 12.9. The Hall–Kier alpha value is -1.62. The zero-order chi connectivity index (χ0) is 21.0. The van der Waals surface area contributed by atoms with Crippen LogP contribution in [0.1, 0.15) is 63.3 Å². The molecule has 7 heteroatoms. The molecule has 3 rings (SSSR count). The molecule has 1 fully saturated rings. The minimum atomic E-state index is -3.37. The fourth-order valence-electron chi connectivity index (χ4n) is 4.39. The molecule has 0 saturated heterocycles. The lowest BCUT2D eigenvalue weighted by Gasteiger charge is -2.37. The van der Waals surface area contributed by atoms with Gasteiger partial charge in [-0.3, -0.25) is 4.79 Å². The summed E-state index contributed by atoms with van der Waals surface area (Å²) in [7, 11) is -3.37. The maximum atomic E-state index is 12.9. The molecule has 6 nitrogen and oxygen atoms in total. The van der Waals surface area contributed by atoms with Crippen LogP contribution in [0.15, 0.2) is 16.9 Å². The number of hydrogen-bond donors (Lipinski definition) is 1. The third-order valence-corrected chi connectivity index (χ3v) is 7.56. The molecule has 0 spiro atoms. The van der Waals surface area contributed by atoms with Gasteiger partial charge < -0.3 is 9.30 Å². The molecule has 29 heavy (non-hydrogen) atoms. The van der Waals surface area contributed by atoms with Gasteiger partial charge in [-0.05, 0) is 65.4 Å². The predicted octanol–water partition coefficient (Wildman–Crippen LogP) is 2.55. The van der Waals surface area contributed by atoms with Crippen molar-refractivity contribution < 1.29 is 13.2 Å². The van der Waals surface area contributed by atoms with Gasteiger partial charge in [-0.2, -0.15) is 0 Å². The fourth-order valence-corrected chi connectivity index (χ4v) is 5.29. The molecule has 0 amide bonds. The Bertz CT molecular complexity index is 934. The van der Waals surface area contributed by atoms with E-state index in [9.17, 15) is 13.2 Å². The summed E-state index contributed by atoms with van der Waals surface area (Å²) < 4.78 is 35.3. The zero-order valence-corrected chi connectivity index (χ0v) is 18.4. The third-order valence-electron chi connectivity index (χ3n) is 6.14. The molecule has 0 unspecified atom stereocenters. The summed E-state index contributed by atoms with van der Waals surface area (Å²) in [6.07, 6.45) is 5.42. The van der Waals surface area contributed by atoms with Gasteiger partial charge in [0.15, 0.2) is 0 Å². The van der Waals surface area contributed by atoms with E-state index >= 15 is 0 Å². The topological polar surface area (TPSA) is 77.4 Å². The molecule has 1 aliphatic heterocycles. The number of nitrogens with zero attached hydrogens (tertiary/aromatic N) is 1. The van der Waals surface area contributed by atoms with Gasteiger partial charge in [0.2, 0.25) is 10.0 Å². The predicted molar refractivity (Wildman–Crippen MR) is 114 cm³/mol. The van der Waals surface area contributed by atoms with Crippen LogP contribution in [0, 0.1) is 24.7 Å². The smallest absolute Gasteiger partial charge is 0.254 e. The molecule has 0 bridgehead atoms. The van der Waals surface area contributed by atoms with Gasteiger partial charge in [0.05, 0.1) is 24.5 Å². The second-order valence-electron chi connectivity index (χ2n) is 8.12. The molecule has 1 aromatic rings. The van der Waals surface area contributed by atoms with E-state index in [0.717, 1.165) is 31.4 Å². The highest BCUT2D eigenvalue weighted by atomic mass is 32.2. The van der Waals surface area contributed by atoms with Crippen LogP contribution >= 0.6 is 0 Å². The molecule has 2 aliphatic rings. The Morgan fingerprint density at radius 1 is 1.21 bits per heavy atom. The second kappa shape index (κ2) is 9.46. The van der Waals surface area contributed by atoms with E-state index in [1.807, 2.05) is 19.1 Å². The van der Waals surface area contributed by atoms with Crippen LogP contribution in [0.3, 0.4) is 0 Å². The minimum absolute atomic E-state index is 0.0229. The van der Waals surface area contributed by atoms with E-state index in [2.05, 4.69) is 16.6 Å². The fraction of sp³-hybridized carbons (Fsp3) is 0.682. The molecular formula is C22H32N2O4S. The van der Waals surface area contributed by atoms with Crippen molar-refractivity contribution in [2.24, 2.45) is 5.92 Å². The quantitative estimate of drug-likeness (QED) is 0.718. The van der Waals surface area contributed by atoms with Gasteiger partial charge in [0, 0.05) is 23.2 Å². The van der Waals surface area contributed by atoms with Crippen molar-refractivity contribution in [1.29, 1.82) is 0 Å². The third kappa shape index (κ3) is 5.30. The molecule has 1 saturated carbocycles. The highest BCUT2D eigenvalue weighted by molar-refractivity contribution is 7.89. The first-order chi connectivity index (χ1) is 13.8. The highest BCUT2D eigenvalue weighted by Gasteiger charge is 2.34. The summed E-state index contributed by atoms with van der Waals surface area (Å²) in [5, 5.41) is 0. The van der Waals surface area contributed by atoms with Crippen LogP contribution in [-0.2, 0) is 21.2 Å². The number of pyridine rings is 1. The molecule has 1 aromatic heterocycles. The lowest BCUT2D eigenvalue weighted by molar-refractivity contribution is -0.00299. The maximum Gasteiger partial charge on any atom is 0.254 e. The van der Waals surface area contributed by atoms with E-state index in [1.165, 1.54) is 0 Å². The number of nitrogens with one attached hydrogen (secondary N) is 1. The molecule has 1 N–H and O–H groups in total. The van der Waals surface area contributed by atoms with E-state index in [0.29, 0.717) is 30.9 Å². The van der Waals surface area contributed by atoms with E-state index in [1.54, 1.807) is 18.4 Å². The summed E-state index contributed by atoms with van der Waals surface area (Å²) in [5.74, 6) is 6.72. The highest BCUT2D eigenvalue weighted by Crippen LogP contribution is 2.29. The molecule has 160 valence electrons. The second-order valence-corrected chi connectivity index (χ2v) is 10.2. The molecule has 1 aliphatic carbocycles. The lowest BCUT2D eigenvalue weighted by Crippen LogP contribution is -2.50. The SMILES string of the molecule is CC#CC1CCC(OC[C@@H]2[C@@H](NS(=O)(=O)CC)CCc3ccc(C)c(=O)n32)CC1. The largest absolute Gasteiger partial charge is 0.376 e. The van der Waals surface area contributed by atoms with Gasteiger partial charge in [-0.15, -0.1) is 11.8 Å². The first kappa shape index (κ1) is 22.1. The number of hydrogen-bond acceptors (Lipinski definition) is 4. The van der Waals surface area contributed by atoms with Crippen LogP contribution in [-0.4, -0.2) is 37.5 Å². The van der Waals surface area contributed by atoms with Crippen molar-refractivity contribution in [2.45, 2.75) is 77.5 Å². The molecule has 0 radical (unpaired) electrons. The number of aryl methyl sites for hydroxylation is 2.